The Balaban J connectivity index is 2.13. The standard InChI is InChI=1S/C15H19ClN4O/c1-10-8-13(20(19-10)15(2,3)4)18-14(21)17-12-7-5-6-11(16)9-12/h5-9H,1-4H3,(H2,17,18,21). The lowest BCUT2D eigenvalue weighted by Gasteiger charge is -2.22. The van der Waals surface area contributed by atoms with Gasteiger partial charge in [0.2, 0.25) is 0 Å². The molecule has 0 aliphatic heterocycles. The van der Waals surface area contributed by atoms with Crippen molar-refractivity contribution in [3.8, 4) is 0 Å². The molecule has 0 aliphatic rings. The van der Waals surface area contributed by atoms with Crippen LogP contribution in [-0.2, 0) is 5.54 Å². The molecule has 0 unspecified atom stereocenters. The van der Waals surface area contributed by atoms with E-state index in [-0.39, 0.29) is 11.6 Å². The summed E-state index contributed by atoms with van der Waals surface area (Å²) in [6.07, 6.45) is 0. The molecular formula is C15H19ClN4O. The topological polar surface area (TPSA) is 59.0 Å². The molecule has 0 bridgehead atoms. The number of aryl methyl sites for hydroxylation is 1. The van der Waals surface area contributed by atoms with Crippen LogP contribution in [0.1, 0.15) is 26.5 Å². The number of hydrogen-bond donors (Lipinski definition) is 2. The van der Waals surface area contributed by atoms with Crippen LogP contribution in [0.2, 0.25) is 5.02 Å². The normalized spacial score (nSPS) is 11.3. The molecule has 0 spiro atoms. The van der Waals surface area contributed by atoms with Crippen molar-refractivity contribution in [3.05, 3.63) is 41.0 Å². The van der Waals surface area contributed by atoms with Crippen molar-refractivity contribution in [2.75, 3.05) is 10.6 Å². The molecular weight excluding hydrogens is 288 g/mol. The van der Waals surface area contributed by atoms with Gasteiger partial charge in [-0.1, -0.05) is 17.7 Å². The van der Waals surface area contributed by atoms with Crippen LogP contribution in [0.4, 0.5) is 16.3 Å². The fraction of sp³-hybridized carbons (Fsp3) is 0.333. The Bertz CT molecular complexity index is 658. The molecule has 1 heterocycles. The highest BCUT2D eigenvalue weighted by molar-refractivity contribution is 6.30. The molecule has 0 aliphatic carbocycles. The van der Waals surface area contributed by atoms with E-state index < -0.39 is 0 Å². The highest BCUT2D eigenvalue weighted by Crippen LogP contribution is 2.21. The number of aromatic nitrogens is 2. The summed E-state index contributed by atoms with van der Waals surface area (Å²) < 4.78 is 1.79. The molecule has 2 rings (SSSR count). The minimum atomic E-state index is -0.331. The van der Waals surface area contributed by atoms with E-state index in [1.165, 1.54) is 0 Å². The van der Waals surface area contributed by atoms with Crippen molar-refractivity contribution < 1.29 is 4.79 Å². The Morgan fingerprint density at radius 2 is 1.95 bits per heavy atom. The van der Waals surface area contributed by atoms with Gasteiger partial charge in [-0.25, -0.2) is 9.48 Å². The molecule has 2 aromatic rings. The lowest BCUT2D eigenvalue weighted by molar-refractivity contribution is 0.261. The second-order valence-electron chi connectivity index (χ2n) is 5.84. The van der Waals surface area contributed by atoms with Crippen LogP contribution in [0.25, 0.3) is 0 Å². The van der Waals surface area contributed by atoms with E-state index in [2.05, 4.69) is 15.7 Å². The molecule has 112 valence electrons. The van der Waals surface area contributed by atoms with E-state index in [1.807, 2.05) is 33.8 Å². The number of benzene rings is 1. The van der Waals surface area contributed by atoms with Gasteiger partial charge in [0.15, 0.2) is 0 Å². The van der Waals surface area contributed by atoms with Crippen molar-refractivity contribution in [1.29, 1.82) is 0 Å². The van der Waals surface area contributed by atoms with Gasteiger partial charge >= 0.3 is 6.03 Å². The molecule has 0 saturated heterocycles. The average Bonchev–Trinajstić information content (AvgIpc) is 2.69. The maximum absolute atomic E-state index is 12.1. The number of amides is 2. The maximum atomic E-state index is 12.1. The lowest BCUT2D eigenvalue weighted by Crippen LogP contribution is -2.28. The second-order valence-corrected chi connectivity index (χ2v) is 6.28. The number of nitrogens with zero attached hydrogens (tertiary/aromatic N) is 2. The van der Waals surface area contributed by atoms with Crippen LogP contribution in [0.5, 0.6) is 0 Å². The first-order valence-electron chi connectivity index (χ1n) is 6.66. The maximum Gasteiger partial charge on any atom is 0.324 e. The summed E-state index contributed by atoms with van der Waals surface area (Å²) in [5.74, 6) is 0.652. The van der Waals surface area contributed by atoms with Gasteiger partial charge in [0.25, 0.3) is 0 Å². The van der Waals surface area contributed by atoms with Gasteiger partial charge in [0.1, 0.15) is 5.82 Å². The lowest BCUT2D eigenvalue weighted by atomic mass is 10.1. The molecule has 5 nitrogen and oxygen atoms in total. The Kier molecular flexibility index (Phi) is 4.23. The zero-order valence-electron chi connectivity index (χ0n) is 12.6. The highest BCUT2D eigenvalue weighted by atomic mass is 35.5. The van der Waals surface area contributed by atoms with E-state index in [0.29, 0.717) is 16.5 Å². The molecule has 2 amide bonds. The monoisotopic (exact) mass is 306 g/mol. The summed E-state index contributed by atoms with van der Waals surface area (Å²) in [5, 5.41) is 10.5. The third-order valence-electron chi connectivity index (χ3n) is 2.79. The molecule has 1 aromatic carbocycles. The molecule has 0 saturated carbocycles. The first kappa shape index (κ1) is 15.4. The van der Waals surface area contributed by atoms with Crippen molar-refractivity contribution in [2.24, 2.45) is 0 Å². The first-order chi connectivity index (χ1) is 9.75. The molecule has 1 aromatic heterocycles. The number of nitrogens with one attached hydrogen (secondary N) is 2. The predicted molar refractivity (Wildman–Crippen MR) is 86.1 cm³/mol. The molecule has 0 fully saturated rings. The van der Waals surface area contributed by atoms with E-state index >= 15 is 0 Å². The van der Waals surface area contributed by atoms with Crippen LogP contribution >= 0.6 is 11.6 Å². The van der Waals surface area contributed by atoms with Gasteiger partial charge in [-0.15, -0.1) is 0 Å². The highest BCUT2D eigenvalue weighted by Gasteiger charge is 2.19. The Labute approximate surface area is 129 Å². The largest absolute Gasteiger partial charge is 0.324 e. The number of hydrogen-bond acceptors (Lipinski definition) is 2. The Hall–Kier alpha value is -2.01. The van der Waals surface area contributed by atoms with Crippen LogP contribution in [0.3, 0.4) is 0 Å². The van der Waals surface area contributed by atoms with Crippen LogP contribution in [0.15, 0.2) is 30.3 Å². The number of carbonyl (C=O) groups excluding carboxylic acids is 1. The number of halogens is 1. The smallest absolute Gasteiger partial charge is 0.308 e. The minimum Gasteiger partial charge on any atom is -0.308 e. The SMILES string of the molecule is Cc1cc(NC(=O)Nc2cccc(Cl)c2)n(C(C)(C)C)n1. The van der Waals surface area contributed by atoms with Crippen molar-refractivity contribution in [1.82, 2.24) is 9.78 Å². The predicted octanol–water partition coefficient (Wildman–Crippen LogP) is 4.24. The summed E-state index contributed by atoms with van der Waals surface area (Å²) in [7, 11) is 0. The van der Waals surface area contributed by atoms with Crippen molar-refractivity contribution >= 4 is 29.1 Å². The Morgan fingerprint density at radius 3 is 2.57 bits per heavy atom. The first-order valence-corrected chi connectivity index (χ1v) is 7.04. The van der Waals surface area contributed by atoms with Crippen molar-refractivity contribution in [2.45, 2.75) is 33.2 Å². The number of rotatable bonds is 2. The molecule has 0 radical (unpaired) electrons. The van der Waals surface area contributed by atoms with Crippen LogP contribution < -0.4 is 10.6 Å². The van der Waals surface area contributed by atoms with Gasteiger partial charge in [0.05, 0.1) is 11.2 Å². The summed E-state index contributed by atoms with van der Waals surface area (Å²) >= 11 is 5.89. The summed E-state index contributed by atoms with van der Waals surface area (Å²) in [6, 6.07) is 8.50. The fourth-order valence-electron chi connectivity index (χ4n) is 1.94. The summed E-state index contributed by atoms with van der Waals surface area (Å²) in [5.41, 5.74) is 1.27. The molecule has 2 N–H and O–H groups in total. The summed E-state index contributed by atoms with van der Waals surface area (Å²) in [4.78, 5) is 12.1. The second kappa shape index (κ2) is 5.77. The van der Waals surface area contributed by atoms with E-state index in [9.17, 15) is 4.79 Å². The minimum absolute atomic E-state index is 0.215. The molecule has 6 heteroatoms. The van der Waals surface area contributed by atoms with E-state index in [1.54, 1.807) is 28.9 Å². The average molecular weight is 307 g/mol. The number of carbonyl (C=O) groups is 1. The number of urea groups is 1. The van der Waals surface area contributed by atoms with Gasteiger partial charge in [-0.3, -0.25) is 5.32 Å². The third kappa shape index (κ3) is 3.98. The van der Waals surface area contributed by atoms with Crippen molar-refractivity contribution in [3.63, 3.8) is 0 Å². The van der Waals surface area contributed by atoms with Gasteiger partial charge in [0, 0.05) is 16.8 Å². The zero-order chi connectivity index (χ0) is 15.6. The van der Waals surface area contributed by atoms with E-state index in [0.717, 1.165) is 5.69 Å². The quantitative estimate of drug-likeness (QED) is 0.871. The third-order valence-corrected chi connectivity index (χ3v) is 3.03. The Morgan fingerprint density at radius 1 is 1.24 bits per heavy atom. The summed E-state index contributed by atoms with van der Waals surface area (Å²) in [6.45, 7) is 7.97. The fourth-order valence-corrected chi connectivity index (χ4v) is 2.14. The number of anilines is 2. The van der Waals surface area contributed by atoms with Crippen LogP contribution in [-0.4, -0.2) is 15.8 Å². The molecule has 0 atom stereocenters. The van der Waals surface area contributed by atoms with Gasteiger partial charge in [-0.05, 0) is 45.9 Å². The van der Waals surface area contributed by atoms with Gasteiger partial charge in [-0.2, -0.15) is 5.10 Å². The van der Waals surface area contributed by atoms with Gasteiger partial charge < -0.3 is 5.32 Å². The van der Waals surface area contributed by atoms with Crippen LogP contribution in [0, 0.1) is 6.92 Å². The zero-order valence-corrected chi connectivity index (χ0v) is 13.3. The molecule has 21 heavy (non-hydrogen) atoms. The van der Waals surface area contributed by atoms with E-state index in [4.69, 9.17) is 11.6 Å².